The first kappa shape index (κ1) is 18.9. The fraction of sp³-hybridized carbons (Fsp3) is 0.818. The van der Waals surface area contributed by atoms with Crippen molar-refractivity contribution in [3.63, 3.8) is 0 Å². The number of imide groups is 1. The molecule has 6 fully saturated rings. The molecular formula is C22H30N4O3. The van der Waals surface area contributed by atoms with Gasteiger partial charge in [0.25, 0.3) is 5.91 Å². The van der Waals surface area contributed by atoms with Crippen molar-refractivity contribution >= 4 is 17.8 Å². The second-order valence-corrected chi connectivity index (χ2v) is 10.4. The lowest BCUT2D eigenvalue weighted by atomic mass is 9.52. The van der Waals surface area contributed by atoms with Crippen LogP contribution < -0.4 is 5.32 Å². The second-order valence-electron chi connectivity index (χ2n) is 10.4. The standard InChI is InChI=1S/C22H30N4O3/c1-21(17-3-4-17)19(28)25(20(29)24-21)13-18(27)26(6-2-5-23)22-10-14-7-15(11-22)9-16(8-14)12-22/h14-17H,2-4,6-13H2,1H3,(H,24,29)/t14?,15?,16?,21-,22?/m0/s1. The molecule has 1 aliphatic heterocycles. The Morgan fingerprint density at radius 1 is 1.17 bits per heavy atom. The highest BCUT2D eigenvalue weighted by molar-refractivity contribution is 6.09. The summed E-state index contributed by atoms with van der Waals surface area (Å²) in [6, 6.07) is 1.72. The fourth-order valence-electron chi connectivity index (χ4n) is 7.20. The summed E-state index contributed by atoms with van der Waals surface area (Å²) in [6.07, 6.45) is 9.00. The zero-order chi connectivity index (χ0) is 20.4. The van der Waals surface area contributed by atoms with Crippen LogP contribution in [0.5, 0.6) is 0 Å². The van der Waals surface area contributed by atoms with Crippen LogP contribution >= 0.6 is 0 Å². The van der Waals surface area contributed by atoms with E-state index in [1.54, 1.807) is 6.92 Å². The van der Waals surface area contributed by atoms with E-state index in [1.807, 2.05) is 4.90 Å². The first-order valence-electron chi connectivity index (χ1n) is 11.2. The van der Waals surface area contributed by atoms with Crippen molar-refractivity contribution in [2.24, 2.45) is 23.7 Å². The van der Waals surface area contributed by atoms with E-state index in [1.165, 1.54) is 19.3 Å². The van der Waals surface area contributed by atoms with Crippen LogP contribution in [0.25, 0.3) is 0 Å². The van der Waals surface area contributed by atoms with Gasteiger partial charge in [-0.3, -0.25) is 14.5 Å². The van der Waals surface area contributed by atoms with E-state index in [0.29, 0.717) is 24.3 Å². The monoisotopic (exact) mass is 398 g/mol. The largest absolute Gasteiger partial charge is 0.334 e. The summed E-state index contributed by atoms with van der Waals surface area (Å²) < 4.78 is 0. The molecular weight excluding hydrogens is 368 g/mol. The summed E-state index contributed by atoms with van der Waals surface area (Å²) in [6.45, 7) is 1.97. The van der Waals surface area contributed by atoms with Gasteiger partial charge in [-0.15, -0.1) is 0 Å². The molecule has 1 atom stereocenters. The Labute approximate surface area is 171 Å². The van der Waals surface area contributed by atoms with Crippen LogP contribution in [-0.2, 0) is 9.59 Å². The molecule has 0 spiro atoms. The van der Waals surface area contributed by atoms with Crippen LogP contribution in [0.4, 0.5) is 4.79 Å². The minimum absolute atomic E-state index is 0.175. The highest BCUT2D eigenvalue weighted by Gasteiger charge is 2.58. The first-order chi connectivity index (χ1) is 13.8. The average Bonchev–Trinajstić information content (AvgIpc) is 3.47. The van der Waals surface area contributed by atoms with Crippen LogP contribution in [0.15, 0.2) is 0 Å². The number of carbonyl (C=O) groups excluding carboxylic acids is 3. The molecule has 4 bridgehead atoms. The Bertz CT molecular complexity index is 763. The third kappa shape index (κ3) is 2.94. The Morgan fingerprint density at radius 2 is 1.76 bits per heavy atom. The quantitative estimate of drug-likeness (QED) is 0.695. The number of nitrogens with one attached hydrogen (secondary N) is 1. The molecule has 6 aliphatic rings. The van der Waals surface area contributed by atoms with Crippen molar-refractivity contribution < 1.29 is 14.4 Å². The van der Waals surface area contributed by atoms with Gasteiger partial charge in [0, 0.05) is 12.1 Å². The Kier molecular flexibility index (Phi) is 4.20. The van der Waals surface area contributed by atoms with Crippen molar-refractivity contribution in [2.45, 2.75) is 75.8 Å². The van der Waals surface area contributed by atoms with Crippen molar-refractivity contribution in [3.8, 4) is 6.07 Å². The van der Waals surface area contributed by atoms with Gasteiger partial charge in [0.1, 0.15) is 12.1 Å². The van der Waals surface area contributed by atoms with Crippen molar-refractivity contribution in [1.29, 1.82) is 5.26 Å². The summed E-state index contributed by atoms with van der Waals surface area (Å²) in [7, 11) is 0. The summed E-state index contributed by atoms with van der Waals surface area (Å²) >= 11 is 0. The third-order valence-electron chi connectivity index (χ3n) is 8.32. The van der Waals surface area contributed by atoms with Gasteiger partial charge in [-0.25, -0.2) is 4.79 Å². The number of amides is 4. The van der Waals surface area contributed by atoms with Gasteiger partial charge in [-0.05, 0) is 82.0 Å². The van der Waals surface area contributed by atoms with Gasteiger partial charge in [-0.1, -0.05) is 0 Å². The topological polar surface area (TPSA) is 93.5 Å². The number of urea groups is 1. The molecule has 1 heterocycles. The predicted octanol–water partition coefficient (Wildman–Crippen LogP) is 2.42. The Hall–Kier alpha value is -2.10. The number of hydrogen-bond acceptors (Lipinski definition) is 4. The van der Waals surface area contributed by atoms with E-state index in [0.717, 1.165) is 37.0 Å². The highest BCUT2D eigenvalue weighted by atomic mass is 16.2. The average molecular weight is 399 g/mol. The molecule has 5 aliphatic carbocycles. The highest BCUT2D eigenvalue weighted by Crippen LogP contribution is 2.58. The zero-order valence-corrected chi connectivity index (χ0v) is 17.2. The smallest absolute Gasteiger partial charge is 0.325 e. The molecule has 4 amide bonds. The van der Waals surface area contributed by atoms with E-state index < -0.39 is 11.6 Å². The van der Waals surface area contributed by atoms with E-state index in [-0.39, 0.29) is 36.2 Å². The number of carbonyl (C=O) groups is 3. The molecule has 0 radical (unpaired) electrons. The third-order valence-corrected chi connectivity index (χ3v) is 8.32. The second kappa shape index (κ2) is 6.45. The predicted molar refractivity (Wildman–Crippen MR) is 104 cm³/mol. The Morgan fingerprint density at radius 3 is 2.28 bits per heavy atom. The van der Waals surface area contributed by atoms with Crippen LogP contribution in [0, 0.1) is 35.0 Å². The zero-order valence-electron chi connectivity index (χ0n) is 17.2. The van der Waals surface area contributed by atoms with Gasteiger partial charge in [0.2, 0.25) is 5.91 Å². The van der Waals surface area contributed by atoms with Crippen molar-refractivity contribution in [2.75, 3.05) is 13.1 Å². The molecule has 7 heteroatoms. The molecule has 6 rings (SSSR count). The van der Waals surface area contributed by atoms with Gasteiger partial charge >= 0.3 is 6.03 Å². The molecule has 1 N–H and O–H groups in total. The molecule has 0 aromatic rings. The van der Waals surface area contributed by atoms with Crippen LogP contribution in [0.3, 0.4) is 0 Å². The first-order valence-corrected chi connectivity index (χ1v) is 11.2. The van der Waals surface area contributed by atoms with Crippen LogP contribution in [-0.4, -0.2) is 51.8 Å². The maximum Gasteiger partial charge on any atom is 0.325 e. The van der Waals surface area contributed by atoms with Crippen LogP contribution in [0.1, 0.15) is 64.7 Å². The van der Waals surface area contributed by atoms with Gasteiger partial charge < -0.3 is 10.2 Å². The summed E-state index contributed by atoms with van der Waals surface area (Å²) in [5, 5.41) is 12.0. The fourth-order valence-corrected chi connectivity index (χ4v) is 7.20. The van der Waals surface area contributed by atoms with Gasteiger partial charge in [0.15, 0.2) is 0 Å². The number of nitrogens with zero attached hydrogens (tertiary/aromatic N) is 3. The molecule has 0 aromatic carbocycles. The lowest BCUT2D eigenvalue weighted by molar-refractivity contribution is -0.153. The Balaban J connectivity index is 1.36. The lowest BCUT2D eigenvalue weighted by Crippen LogP contribution is -2.63. The van der Waals surface area contributed by atoms with E-state index in [4.69, 9.17) is 5.26 Å². The number of rotatable bonds is 6. The normalized spacial score (nSPS) is 40.1. The van der Waals surface area contributed by atoms with E-state index >= 15 is 0 Å². The summed E-state index contributed by atoms with van der Waals surface area (Å²) in [5.74, 6) is 1.75. The van der Waals surface area contributed by atoms with E-state index in [9.17, 15) is 14.4 Å². The molecule has 7 nitrogen and oxygen atoms in total. The molecule has 29 heavy (non-hydrogen) atoms. The molecule has 156 valence electrons. The van der Waals surface area contributed by atoms with Gasteiger partial charge in [-0.2, -0.15) is 5.26 Å². The maximum absolute atomic E-state index is 13.5. The molecule has 5 saturated carbocycles. The molecule has 0 unspecified atom stereocenters. The molecule has 0 aromatic heterocycles. The van der Waals surface area contributed by atoms with Gasteiger partial charge in [0.05, 0.1) is 12.5 Å². The summed E-state index contributed by atoms with van der Waals surface area (Å²) in [5.41, 5.74) is -1.04. The SMILES string of the molecule is C[C@@]1(C2CC2)NC(=O)N(CC(=O)N(CCC#N)C23CC4CC(CC(C4)C2)C3)C1=O. The lowest BCUT2D eigenvalue weighted by Gasteiger charge is -2.60. The van der Waals surface area contributed by atoms with Crippen LogP contribution in [0.2, 0.25) is 0 Å². The number of nitriles is 1. The van der Waals surface area contributed by atoms with Crippen molar-refractivity contribution in [1.82, 2.24) is 15.1 Å². The van der Waals surface area contributed by atoms with Crippen molar-refractivity contribution in [3.05, 3.63) is 0 Å². The summed E-state index contributed by atoms with van der Waals surface area (Å²) in [4.78, 5) is 41.9. The number of hydrogen-bond donors (Lipinski definition) is 1. The minimum Gasteiger partial charge on any atom is -0.334 e. The van der Waals surface area contributed by atoms with E-state index in [2.05, 4.69) is 11.4 Å². The maximum atomic E-state index is 13.5. The molecule has 1 saturated heterocycles. The minimum atomic E-state index is -0.866.